The van der Waals surface area contributed by atoms with Gasteiger partial charge >= 0.3 is 0 Å². The van der Waals surface area contributed by atoms with Crippen LogP contribution in [0.4, 0.5) is 11.4 Å². The van der Waals surface area contributed by atoms with E-state index in [4.69, 9.17) is 0 Å². The van der Waals surface area contributed by atoms with Gasteiger partial charge in [-0.15, -0.1) is 11.8 Å². The third kappa shape index (κ3) is 2.73. The van der Waals surface area contributed by atoms with Crippen molar-refractivity contribution in [2.24, 2.45) is 11.8 Å². The molecule has 0 aromatic heterocycles. The second-order valence-corrected chi connectivity index (χ2v) is 6.88. The largest absolute Gasteiger partial charge is 0.382 e. The summed E-state index contributed by atoms with van der Waals surface area (Å²) in [6.07, 6.45) is 2.52. The van der Waals surface area contributed by atoms with E-state index in [-0.39, 0.29) is 5.91 Å². The van der Waals surface area contributed by atoms with E-state index < -0.39 is 0 Å². The molecule has 4 heteroatoms. The van der Waals surface area contributed by atoms with Gasteiger partial charge in [0.05, 0.1) is 11.4 Å². The van der Waals surface area contributed by atoms with Crippen LogP contribution in [0.1, 0.15) is 26.7 Å². The van der Waals surface area contributed by atoms with Crippen LogP contribution in [0.2, 0.25) is 0 Å². The van der Waals surface area contributed by atoms with Crippen LogP contribution in [0.3, 0.4) is 0 Å². The van der Waals surface area contributed by atoms with Gasteiger partial charge in [0.25, 0.3) is 0 Å². The van der Waals surface area contributed by atoms with Crippen LogP contribution < -0.4 is 10.6 Å². The van der Waals surface area contributed by atoms with Crippen LogP contribution in [0.25, 0.3) is 0 Å². The maximum atomic E-state index is 11.4. The molecular weight excluding hydrogens is 256 g/mol. The summed E-state index contributed by atoms with van der Waals surface area (Å²) < 4.78 is 0. The van der Waals surface area contributed by atoms with Gasteiger partial charge in [-0.1, -0.05) is 13.8 Å². The van der Waals surface area contributed by atoms with Crippen LogP contribution >= 0.6 is 11.8 Å². The SMILES string of the molecule is CC(C)C1CC(Nc2ccc3c(c2)NC(=O)CS3)C1. The number of hydrogen-bond donors (Lipinski definition) is 2. The zero-order chi connectivity index (χ0) is 13.4. The van der Waals surface area contributed by atoms with E-state index in [0.29, 0.717) is 11.8 Å². The fourth-order valence-electron chi connectivity index (χ4n) is 2.73. The molecule has 1 aromatic rings. The van der Waals surface area contributed by atoms with Crippen LogP contribution in [-0.2, 0) is 4.79 Å². The van der Waals surface area contributed by atoms with Crippen molar-refractivity contribution < 1.29 is 4.79 Å². The summed E-state index contributed by atoms with van der Waals surface area (Å²) in [5, 5.41) is 6.50. The fraction of sp³-hybridized carbons (Fsp3) is 0.533. The summed E-state index contributed by atoms with van der Waals surface area (Å²) in [6.45, 7) is 4.60. The molecule has 1 heterocycles. The second kappa shape index (κ2) is 5.08. The average Bonchev–Trinajstić information content (AvgIpc) is 2.32. The maximum absolute atomic E-state index is 11.4. The molecule has 2 N–H and O–H groups in total. The van der Waals surface area contributed by atoms with E-state index in [0.717, 1.165) is 23.2 Å². The van der Waals surface area contributed by atoms with Crippen molar-refractivity contribution in [1.82, 2.24) is 0 Å². The number of nitrogens with one attached hydrogen (secondary N) is 2. The molecule has 0 spiro atoms. The topological polar surface area (TPSA) is 41.1 Å². The van der Waals surface area contributed by atoms with E-state index in [1.165, 1.54) is 17.7 Å². The number of rotatable bonds is 3. The van der Waals surface area contributed by atoms with Crippen molar-refractivity contribution in [3.05, 3.63) is 18.2 Å². The third-order valence-corrected chi connectivity index (χ3v) is 5.17. The highest BCUT2D eigenvalue weighted by molar-refractivity contribution is 8.00. The number of amides is 1. The summed E-state index contributed by atoms with van der Waals surface area (Å²) in [5.74, 6) is 2.28. The zero-order valence-electron chi connectivity index (χ0n) is 11.4. The van der Waals surface area contributed by atoms with Crippen LogP contribution in [0.15, 0.2) is 23.1 Å². The highest BCUT2D eigenvalue weighted by Crippen LogP contribution is 2.37. The predicted octanol–water partition coefficient (Wildman–Crippen LogP) is 3.58. The first-order valence-corrected chi connectivity index (χ1v) is 7.93. The number of fused-ring (bicyclic) bond motifs is 1. The molecule has 1 amide bonds. The van der Waals surface area contributed by atoms with E-state index in [2.05, 4.69) is 42.7 Å². The minimum Gasteiger partial charge on any atom is -0.382 e. The van der Waals surface area contributed by atoms with Gasteiger partial charge in [0.1, 0.15) is 0 Å². The minimum absolute atomic E-state index is 0.0955. The van der Waals surface area contributed by atoms with Crippen LogP contribution in [0, 0.1) is 11.8 Å². The monoisotopic (exact) mass is 276 g/mol. The molecule has 0 atom stereocenters. The molecule has 1 fully saturated rings. The Balaban J connectivity index is 1.64. The van der Waals surface area contributed by atoms with E-state index in [1.807, 2.05) is 0 Å². The van der Waals surface area contributed by atoms with Gasteiger partial charge in [-0.05, 0) is 42.9 Å². The zero-order valence-corrected chi connectivity index (χ0v) is 12.2. The molecule has 2 aliphatic rings. The van der Waals surface area contributed by atoms with Crippen molar-refractivity contribution in [2.75, 3.05) is 16.4 Å². The number of thioether (sulfide) groups is 1. The molecule has 1 saturated carbocycles. The van der Waals surface area contributed by atoms with Crippen molar-refractivity contribution in [1.29, 1.82) is 0 Å². The van der Waals surface area contributed by atoms with Crippen molar-refractivity contribution in [2.45, 2.75) is 37.6 Å². The molecule has 19 heavy (non-hydrogen) atoms. The molecule has 1 aliphatic heterocycles. The molecular formula is C15H20N2OS. The molecule has 3 nitrogen and oxygen atoms in total. The van der Waals surface area contributed by atoms with Crippen molar-refractivity contribution >= 4 is 29.0 Å². The summed E-state index contributed by atoms with van der Waals surface area (Å²) >= 11 is 1.61. The molecule has 0 bridgehead atoms. The minimum atomic E-state index is 0.0955. The fourth-order valence-corrected chi connectivity index (χ4v) is 3.52. The Morgan fingerprint density at radius 1 is 1.37 bits per heavy atom. The normalized spacial score (nSPS) is 25.5. The van der Waals surface area contributed by atoms with Gasteiger partial charge in [0, 0.05) is 16.6 Å². The number of hydrogen-bond acceptors (Lipinski definition) is 3. The van der Waals surface area contributed by atoms with E-state index in [1.54, 1.807) is 11.8 Å². The maximum Gasteiger partial charge on any atom is 0.234 e. The standard InChI is InChI=1S/C15H20N2OS/c1-9(2)10-5-12(6-10)16-11-3-4-14-13(7-11)17-15(18)8-19-14/h3-4,7,9-10,12,16H,5-6,8H2,1-2H3,(H,17,18). The quantitative estimate of drug-likeness (QED) is 0.886. The van der Waals surface area contributed by atoms with Crippen molar-refractivity contribution in [3.63, 3.8) is 0 Å². The Hall–Kier alpha value is -1.16. The molecule has 0 unspecified atom stereocenters. The molecule has 0 saturated heterocycles. The van der Waals surface area contributed by atoms with Crippen molar-refractivity contribution in [3.8, 4) is 0 Å². The van der Waals surface area contributed by atoms with Gasteiger partial charge in [-0.25, -0.2) is 0 Å². The smallest absolute Gasteiger partial charge is 0.234 e. The van der Waals surface area contributed by atoms with Gasteiger partial charge in [0.15, 0.2) is 0 Å². The number of anilines is 2. The molecule has 0 radical (unpaired) electrons. The van der Waals surface area contributed by atoms with Gasteiger partial charge in [-0.3, -0.25) is 4.79 Å². The van der Waals surface area contributed by atoms with Gasteiger partial charge in [-0.2, -0.15) is 0 Å². The molecule has 1 aromatic carbocycles. The summed E-state index contributed by atoms with van der Waals surface area (Å²) in [7, 11) is 0. The third-order valence-electron chi connectivity index (χ3n) is 4.10. The highest BCUT2D eigenvalue weighted by atomic mass is 32.2. The van der Waals surface area contributed by atoms with Gasteiger partial charge in [0.2, 0.25) is 5.91 Å². The van der Waals surface area contributed by atoms with Crippen LogP contribution in [-0.4, -0.2) is 17.7 Å². The summed E-state index contributed by atoms with van der Waals surface area (Å²) in [6, 6.07) is 6.87. The lowest BCUT2D eigenvalue weighted by atomic mass is 9.73. The Morgan fingerprint density at radius 2 is 2.16 bits per heavy atom. The number of benzene rings is 1. The first-order valence-electron chi connectivity index (χ1n) is 6.95. The highest BCUT2D eigenvalue weighted by Gasteiger charge is 2.31. The van der Waals surface area contributed by atoms with Gasteiger partial charge < -0.3 is 10.6 Å². The summed E-state index contributed by atoms with van der Waals surface area (Å²) in [4.78, 5) is 12.6. The predicted molar refractivity (Wildman–Crippen MR) is 80.8 cm³/mol. The lowest BCUT2D eigenvalue weighted by Gasteiger charge is -2.39. The Kier molecular flexibility index (Phi) is 3.44. The Labute approximate surface area is 118 Å². The van der Waals surface area contributed by atoms with Crippen LogP contribution in [0.5, 0.6) is 0 Å². The molecule has 3 rings (SSSR count). The van der Waals surface area contributed by atoms with E-state index in [9.17, 15) is 4.79 Å². The lowest BCUT2D eigenvalue weighted by Crippen LogP contribution is -2.37. The Morgan fingerprint density at radius 3 is 2.89 bits per heavy atom. The molecule has 102 valence electrons. The Bertz CT molecular complexity index is 495. The number of carbonyl (C=O) groups excluding carboxylic acids is 1. The first-order chi connectivity index (χ1) is 9.11. The number of carbonyl (C=O) groups is 1. The lowest BCUT2D eigenvalue weighted by molar-refractivity contribution is -0.113. The second-order valence-electron chi connectivity index (χ2n) is 5.86. The summed E-state index contributed by atoms with van der Waals surface area (Å²) in [5.41, 5.74) is 2.07. The molecule has 1 aliphatic carbocycles. The van der Waals surface area contributed by atoms with E-state index >= 15 is 0 Å². The first kappa shape index (κ1) is 12.9. The average molecular weight is 276 g/mol.